The quantitative estimate of drug-likeness (QED) is 0.0496. The molecule has 0 fully saturated rings. The molecule has 0 saturated carbocycles. The Hall–Kier alpha value is -8.10. The second kappa shape index (κ2) is 18.1. The minimum Gasteiger partial charge on any atom is -0.460 e. The van der Waals surface area contributed by atoms with E-state index in [9.17, 15) is 49.1 Å². The van der Waals surface area contributed by atoms with E-state index in [1.165, 1.54) is 22.1 Å². The predicted octanol–water partition coefficient (Wildman–Crippen LogP) is 6.28. The number of cyclic esters (lactones) is 2. The summed E-state index contributed by atoms with van der Waals surface area (Å²) in [6.45, 7) is 13.2. The van der Waals surface area contributed by atoms with Gasteiger partial charge in [0, 0.05) is 40.0 Å². The molecule has 0 amide bonds. The van der Waals surface area contributed by atoms with Crippen LogP contribution in [-0.4, -0.2) is 69.3 Å². The Morgan fingerprint density at radius 1 is 0.757 bits per heavy atom. The van der Waals surface area contributed by atoms with Crippen molar-refractivity contribution < 1.29 is 53.3 Å². The van der Waals surface area contributed by atoms with Gasteiger partial charge in [0.1, 0.15) is 35.8 Å². The Bertz CT molecular complexity index is 3620. The number of pyridine rings is 4. The third-order valence-corrected chi connectivity index (χ3v) is 13.6. The first-order valence-corrected chi connectivity index (χ1v) is 24.1. The Labute approximate surface area is 422 Å². The number of nitrogens with two attached hydrogens (primary N) is 1. The van der Waals surface area contributed by atoms with Crippen LogP contribution in [0.3, 0.4) is 0 Å². The number of carbonyl (C=O) groups is 4. The minimum absolute atomic E-state index is 0.00503. The summed E-state index contributed by atoms with van der Waals surface area (Å²) in [6.07, 6.45) is 3.14. The summed E-state index contributed by atoms with van der Waals surface area (Å²) in [5.41, 5.74) is 4.12. The lowest BCUT2D eigenvalue weighted by molar-refractivity contribution is -0.386. The Kier molecular flexibility index (Phi) is 12.5. The van der Waals surface area contributed by atoms with Crippen LogP contribution in [-0.2, 0) is 82.1 Å². The zero-order chi connectivity index (χ0) is 53.6. The molecule has 4 aromatic heterocycles. The lowest BCUT2D eigenvalue weighted by Gasteiger charge is -2.33. The van der Waals surface area contributed by atoms with Gasteiger partial charge in [-0.2, -0.15) is 0 Å². The summed E-state index contributed by atoms with van der Waals surface area (Å²) in [6, 6.07) is 14.6. The molecule has 20 nitrogen and oxygen atoms in total. The van der Waals surface area contributed by atoms with Gasteiger partial charge in [-0.15, -0.1) is 0 Å². The second-order valence-corrected chi connectivity index (χ2v) is 20.5. The van der Waals surface area contributed by atoms with E-state index in [1.807, 2.05) is 45.0 Å². The van der Waals surface area contributed by atoms with Crippen molar-refractivity contribution in [1.29, 1.82) is 0 Å². The number of hydrogen-bond acceptors (Lipinski definition) is 17. The summed E-state index contributed by atoms with van der Waals surface area (Å²) >= 11 is 0. The van der Waals surface area contributed by atoms with Crippen molar-refractivity contribution in [2.75, 3.05) is 5.73 Å². The standard InChI is InChI=1S/C27H25N3O8.C27H29N3O6/c1-5-27(34)20-17(13-37-25(27)33)24(32)29-12-16-14(10-11-19(31)38-26(2,3)4)15-8-6-7-9-18(15)28-21(16)23(29)22(20)30(35)36;1-5-27(34)20-17(13-35-25(27)33)24(32)30-12-16-14(10-11-19(31)36-26(2,3)4)15-8-6-7-9-18(15)29-22(16)23(30)21(20)28/h6-11,34H,5,12-13H2,1-4H3;6-9,34H,5,10-13,28H2,1-4H3/b11-10+;/t2*27-/m00/s1. The molecule has 0 saturated heterocycles. The lowest BCUT2D eigenvalue weighted by atomic mass is 9.84. The van der Waals surface area contributed by atoms with Crippen LogP contribution in [0, 0.1) is 10.1 Å². The first-order chi connectivity index (χ1) is 34.8. The number of nitrogen functional groups attached to an aromatic ring is 1. The van der Waals surface area contributed by atoms with Crippen molar-refractivity contribution in [2.45, 2.75) is 130 Å². The molecule has 0 spiro atoms. The van der Waals surface area contributed by atoms with Crippen molar-refractivity contribution in [2.24, 2.45) is 0 Å². The van der Waals surface area contributed by atoms with Gasteiger partial charge in [-0.05, 0) is 90.1 Å². The van der Waals surface area contributed by atoms with Crippen molar-refractivity contribution in [3.05, 3.63) is 130 Å². The maximum atomic E-state index is 13.6. The molecule has 10 rings (SSSR count). The number of nitrogens with zero attached hydrogens (tertiary/aromatic N) is 5. The SMILES string of the molecule is CC[C@@]1(O)C(=O)OCc2c1c(N)c1n(c2=O)Cc2c-1nc1ccccc1c2CCC(=O)OC(C)(C)C.CC[C@@]1(O)C(=O)OCc2c1c([N+](=O)[O-])c1n(c2=O)Cc2c-1nc1ccccc1c2/C=C/C(=O)OC(C)(C)C. The maximum Gasteiger partial charge on any atom is 0.343 e. The molecular weight excluding hydrogens is 957 g/mol. The third-order valence-electron chi connectivity index (χ3n) is 13.6. The number of aromatic nitrogens is 4. The number of fused-ring (bicyclic) bond motifs is 10. The molecule has 2 atom stereocenters. The predicted molar refractivity (Wildman–Crippen MR) is 269 cm³/mol. The fourth-order valence-electron chi connectivity index (χ4n) is 10.3. The molecule has 0 radical (unpaired) electrons. The number of para-hydroxylation sites is 2. The molecule has 2 aromatic carbocycles. The molecule has 0 aliphatic carbocycles. The van der Waals surface area contributed by atoms with Gasteiger partial charge < -0.3 is 39.5 Å². The fourth-order valence-corrected chi connectivity index (χ4v) is 10.3. The van der Waals surface area contributed by atoms with E-state index < -0.39 is 63.1 Å². The number of aliphatic hydroxyl groups is 2. The summed E-state index contributed by atoms with van der Waals surface area (Å²) in [7, 11) is 0. The maximum absolute atomic E-state index is 13.6. The zero-order valence-electron chi connectivity index (χ0n) is 42.0. The van der Waals surface area contributed by atoms with E-state index in [-0.39, 0.29) is 89.8 Å². The molecule has 0 unspecified atom stereocenters. The first kappa shape index (κ1) is 50.8. The topological polar surface area (TPSA) is 285 Å². The van der Waals surface area contributed by atoms with Gasteiger partial charge in [-0.1, -0.05) is 50.2 Å². The number of hydrogen-bond donors (Lipinski definition) is 3. The molecule has 4 N–H and O–H groups in total. The lowest BCUT2D eigenvalue weighted by Crippen LogP contribution is -2.45. The van der Waals surface area contributed by atoms with Gasteiger partial charge in [-0.3, -0.25) is 29.1 Å². The molecule has 4 aliphatic heterocycles. The van der Waals surface area contributed by atoms with E-state index in [0.29, 0.717) is 45.4 Å². The third kappa shape index (κ3) is 8.36. The molecule has 6 aromatic rings. The van der Waals surface area contributed by atoms with Crippen molar-refractivity contribution >= 4 is 63.1 Å². The Morgan fingerprint density at radius 3 is 1.82 bits per heavy atom. The van der Waals surface area contributed by atoms with Crippen LogP contribution in [0.25, 0.3) is 50.7 Å². The number of carbonyl (C=O) groups excluding carboxylic acids is 4. The summed E-state index contributed by atoms with van der Waals surface area (Å²) in [5.74, 6) is -2.77. The van der Waals surface area contributed by atoms with Crippen molar-refractivity contribution in [3.8, 4) is 22.8 Å². The number of ether oxygens (including phenoxy) is 4. The summed E-state index contributed by atoms with van der Waals surface area (Å²) < 4.78 is 23.8. The van der Waals surface area contributed by atoms with Gasteiger partial charge >= 0.3 is 29.6 Å². The van der Waals surface area contributed by atoms with E-state index in [0.717, 1.165) is 16.5 Å². The number of benzene rings is 2. The molecule has 20 heteroatoms. The zero-order valence-corrected chi connectivity index (χ0v) is 42.0. The number of anilines is 1. The van der Waals surface area contributed by atoms with Gasteiger partial charge in [-0.25, -0.2) is 24.4 Å². The normalized spacial score (nSPS) is 18.3. The fraction of sp³-hybridized carbons (Fsp3) is 0.370. The monoisotopic (exact) mass is 1010 g/mol. The van der Waals surface area contributed by atoms with E-state index in [2.05, 4.69) is 4.98 Å². The number of esters is 4. The molecule has 384 valence electrons. The van der Waals surface area contributed by atoms with Gasteiger partial charge in [0.05, 0.1) is 62.8 Å². The van der Waals surface area contributed by atoms with E-state index >= 15 is 0 Å². The molecule has 74 heavy (non-hydrogen) atoms. The summed E-state index contributed by atoms with van der Waals surface area (Å²) in [4.78, 5) is 98.5. The number of aryl methyl sites for hydroxylation is 1. The van der Waals surface area contributed by atoms with Crippen LogP contribution >= 0.6 is 0 Å². The Balaban J connectivity index is 0.000000182. The van der Waals surface area contributed by atoms with Crippen LogP contribution in [0.5, 0.6) is 0 Å². The highest BCUT2D eigenvalue weighted by Gasteiger charge is 2.52. The van der Waals surface area contributed by atoms with E-state index in [4.69, 9.17) is 29.7 Å². The highest BCUT2D eigenvalue weighted by Crippen LogP contribution is 2.48. The molecule has 4 aliphatic rings. The van der Waals surface area contributed by atoms with Gasteiger partial charge in [0.2, 0.25) is 0 Å². The van der Waals surface area contributed by atoms with Gasteiger partial charge in [0.15, 0.2) is 11.2 Å². The molecular formula is C54H54N6O14. The van der Waals surface area contributed by atoms with Crippen molar-refractivity contribution in [1.82, 2.24) is 19.1 Å². The smallest absolute Gasteiger partial charge is 0.343 e. The summed E-state index contributed by atoms with van der Waals surface area (Å²) in [5, 5.41) is 36.4. The average Bonchev–Trinajstić information content (AvgIpc) is 3.92. The molecule has 0 bridgehead atoms. The molecule has 8 heterocycles. The van der Waals surface area contributed by atoms with Gasteiger partial charge in [0.25, 0.3) is 11.1 Å². The van der Waals surface area contributed by atoms with Crippen LogP contribution in [0.4, 0.5) is 11.4 Å². The van der Waals surface area contributed by atoms with Crippen LogP contribution in [0.2, 0.25) is 0 Å². The van der Waals surface area contributed by atoms with Crippen LogP contribution in [0.1, 0.15) is 119 Å². The van der Waals surface area contributed by atoms with E-state index in [1.54, 1.807) is 58.0 Å². The number of rotatable bonds is 8. The van der Waals surface area contributed by atoms with Crippen LogP contribution in [0.15, 0.2) is 64.2 Å². The second-order valence-electron chi connectivity index (χ2n) is 20.5. The highest BCUT2D eigenvalue weighted by molar-refractivity contribution is 5.99. The number of nitro groups is 1. The Morgan fingerprint density at radius 2 is 1.26 bits per heavy atom. The first-order valence-electron chi connectivity index (χ1n) is 24.1. The largest absolute Gasteiger partial charge is 0.460 e. The minimum atomic E-state index is -2.36. The average molecular weight is 1010 g/mol. The van der Waals surface area contributed by atoms with Crippen LogP contribution < -0.4 is 16.9 Å². The van der Waals surface area contributed by atoms with Crippen molar-refractivity contribution in [3.63, 3.8) is 0 Å². The highest BCUT2D eigenvalue weighted by atomic mass is 16.6.